The van der Waals surface area contributed by atoms with Gasteiger partial charge >= 0.3 is 0 Å². The minimum absolute atomic E-state index is 0. The van der Waals surface area contributed by atoms with Crippen molar-refractivity contribution >= 4 is 32.8 Å². The summed E-state index contributed by atoms with van der Waals surface area (Å²) >= 11 is 0. The molecule has 5 nitrogen and oxygen atoms in total. The van der Waals surface area contributed by atoms with Gasteiger partial charge in [-0.3, -0.25) is 4.57 Å². The number of para-hydroxylation sites is 2. The van der Waals surface area contributed by atoms with Crippen LogP contribution in [0.1, 0.15) is 85.3 Å². The minimum Gasteiger partial charge on any atom is -0.510 e. The summed E-state index contributed by atoms with van der Waals surface area (Å²) in [6.07, 6.45) is 6.37. The number of fused-ring (bicyclic) bond motifs is 5. The van der Waals surface area contributed by atoms with Crippen LogP contribution in [0.5, 0.6) is 11.5 Å². The van der Waals surface area contributed by atoms with Crippen molar-refractivity contribution in [3.63, 3.8) is 0 Å². The van der Waals surface area contributed by atoms with E-state index in [0.717, 1.165) is 50.7 Å². The third kappa shape index (κ3) is 8.11. The van der Waals surface area contributed by atoms with Gasteiger partial charge in [0.05, 0.1) is 30.4 Å². The molecule has 0 bridgehead atoms. The molecule has 11 aromatic rings. The molecule has 71 heavy (non-hydrogen) atoms. The van der Waals surface area contributed by atoms with Gasteiger partial charge in [-0.2, -0.15) is 18.2 Å². The quantitative estimate of drug-likeness (QED) is 0.112. The van der Waals surface area contributed by atoms with E-state index in [0.29, 0.717) is 28.2 Å². The van der Waals surface area contributed by atoms with Crippen LogP contribution in [0.3, 0.4) is 0 Å². The van der Waals surface area contributed by atoms with Gasteiger partial charge in [-0.05, 0) is 108 Å². The molecule has 0 spiro atoms. The van der Waals surface area contributed by atoms with E-state index in [1.54, 1.807) is 33.4 Å². The molecule has 0 fully saturated rings. The first-order valence-electron chi connectivity index (χ1n) is 28.5. The van der Waals surface area contributed by atoms with Crippen LogP contribution in [0.4, 0.5) is 0 Å². The molecule has 0 saturated heterocycles. The maximum atomic E-state index is 9.21. The van der Waals surface area contributed by atoms with E-state index < -0.39 is 60.4 Å². The van der Waals surface area contributed by atoms with E-state index in [2.05, 4.69) is 108 Å². The molecule has 0 N–H and O–H groups in total. The molecule has 0 amide bonds. The third-order valence-electron chi connectivity index (χ3n) is 13.8. The number of ether oxygens (including phenoxy) is 1. The molecule has 0 unspecified atom stereocenters. The fraction of sp³-hybridized carbons (Fsp3) is 0.169. The largest absolute Gasteiger partial charge is 0.510 e. The molecule has 12 rings (SSSR count). The predicted octanol–water partition coefficient (Wildman–Crippen LogP) is 15.8. The van der Waals surface area contributed by atoms with Gasteiger partial charge in [0.15, 0.2) is 0 Å². The van der Waals surface area contributed by atoms with Crippen molar-refractivity contribution in [2.24, 2.45) is 0 Å². The molecular formula is C65H54N4OPt-2. The number of nitrogens with zero attached hydrogens (tertiary/aromatic N) is 4. The van der Waals surface area contributed by atoms with Gasteiger partial charge < -0.3 is 13.9 Å². The Labute approximate surface area is 445 Å². The second-order valence-electron chi connectivity index (χ2n) is 20.5. The summed E-state index contributed by atoms with van der Waals surface area (Å²) in [7, 11) is 0. The fourth-order valence-electron chi connectivity index (χ4n) is 10.7. The van der Waals surface area contributed by atoms with Crippen molar-refractivity contribution in [3.05, 3.63) is 223 Å². The predicted molar refractivity (Wildman–Crippen MR) is 286 cm³/mol. The Morgan fingerprint density at radius 1 is 0.620 bits per heavy atom. The van der Waals surface area contributed by atoms with Crippen molar-refractivity contribution in [2.75, 3.05) is 0 Å². The van der Waals surface area contributed by atoms with E-state index >= 15 is 0 Å². The molecule has 6 heteroatoms. The number of benzene rings is 8. The number of aromatic nitrogens is 4. The van der Waals surface area contributed by atoms with Crippen molar-refractivity contribution in [1.29, 1.82) is 0 Å². The summed E-state index contributed by atoms with van der Waals surface area (Å²) < 4.78 is 101. The van der Waals surface area contributed by atoms with Gasteiger partial charge in [-0.25, -0.2) is 4.98 Å². The standard InChI is InChI=1S/C65H54N4O.Pt/c1-63(2,3)47-34-35-66-61(38-47)69-57-27-15-14-24-53(57)54-31-30-50(40-59(54)69)70-49-23-16-22-48(39-49)67-42-68(62-51(43-18-10-8-11-19-43)25-17-26-52(62)44-20-12-9-13-21-44)58-33-29-46(37-60(58)67)45-28-32-55-56(36-45)65(6,7)41-64(55,4)5;/h8-38H,41H2,1-7H3;/q-2;/i8D,9D,10D,11D,12D,13D,18D,19D,20D,21D;. The second kappa shape index (κ2) is 17.5. The van der Waals surface area contributed by atoms with Crippen molar-refractivity contribution in [3.8, 4) is 62.1 Å². The smallest absolute Gasteiger partial charge is 0.268 e. The van der Waals surface area contributed by atoms with Crippen LogP contribution in [0.15, 0.2) is 188 Å². The molecule has 1 aliphatic carbocycles. The second-order valence-corrected chi connectivity index (χ2v) is 20.5. The molecule has 352 valence electrons. The van der Waals surface area contributed by atoms with Crippen molar-refractivity contribution in [2.45, 2.75) is 71.1 Å². The molecule has 1 aliphatic rings. The number of pyridine rings is 1. The van der Waals surface area contributed by atoms with Gasteiger partial charge in [0, 0.05) is 44.3 Å². The summed E-state index contributed by atoms with van der Waals surface area (Å²) in [5.74, 6) is 1.54. The zero-order valence-electron chi connectivity index (χ0n) is 50.3. The molecule has 0 atom stereocenters. The van der Waals surface area contributed by atoms with E-state index in [-0.39, 0.29) is 65.3 Å². The zero-order chi connectivity index (χ0) is 56.6. The third-order valence-corrected chi connectivity index (χ3v) is 13.8. The zero-order valence-corrected chi connectivity index (χ0v) is 42.6. The van der Waals surface area contributed by atoms with Crippen LogP contribution in [-0.2, 0) is 37.3 Å². The average Bonchev–Trinajstić information content (AvgIpc) is 4.13. The number of hydrogen-bond donors (Lipinski definition) is 0. The van der Waals surface area contributed by atoms with E-state index in [9.17, 15) is 5.48 Å². The van der Waals surface area contributed by atoms with E-state index in [1.165, 1.54) is 11.1 Å². The molecular weight excluding hydrogens is 1050 g/mol. The normalized spacial score (nSPS) is 15.9. The Balaban J connectivity index is 0.00000690. The summed E-state index contributed by atoms with van der Waals surface area (Å²) in [6.45, 7) is 15.6. The van der Waals surface area contributed by atoms with Crippen LogP contribution in [0.25, 0.3) is 83.4 Å². The summed E-state index contributed by atoms with van der Waals surface area (Å²) in [5.41, 5.74) is 8.93. The van der Waals surface area contributed by atoms with Crippen LogP contribution in [0.2, 0.25) is 0 Å². The molecule has 3 aromatic heterocycles. The maximum Gasteiger partial charge on any atom is 0.268 e. The van der Waals surface area contributed by atoms with Gasteiger partial charge in [-0.1, -0.05) is 181 Å². The van der Waals surface area contributed by atoms with Gasteiger partial charge in [0.2, 0.25) is 0 Å². The van der Waals surface area contributed by atoms with Gasteiger partial charge in [0.25, 0.3) is 6.33 Å². The first kappa shape index (κ1) is 35.7. The molecule has 0 radical (unpaired) electrons. The maximum absolute atomic E-state index is 9.21. The van der Waals surface area contributed by atoms with Crippen LogP contribution in [0, 0.1) is 18.5 Å². The number of rotatable bonds is 8. The number of hydrogen-bond acceptors (Lipinski definition) is 2. The Hall–Kier alpha value is -7.33. The first-order valence-corrected chi connectivity index (χ1v) is 23.5. The molecule has 0 aliphatic heterocycles. The Morgan fingerprint density at radius 2 is 1.28 bits per heavy atom. The first-order chi connectivity index (χ1) is 37.9. The van der Waals surface area contributed by atoms with Crippen molar-refractivity contribution < 1.29 is 44.1 Å². The van der Waals surface area contributed by atoms with E-state index in [1.807, 2.05) is 66.9 Å². The van der Waals surface area contributed by atoms with Gasteiger partial charge in [0.1, 0.15) is 5.82 Å². The van der Waals surface area contributed by atoms with Crippen molar-refractivity contribution in [1.82, 2.24) is 14.1 Å². The summed E-state index contributed by atoms with van der Waals surface area (Å²) in [4.78, 5) is 4.84. The monoisotopic (exact) mass is 1110 g/mol. The van der Waals surface area contributed by atoms with Crippen LogP contribution < -0.4 is 9.30 Å². The summed E-state index contributed by atoms with van der Waals surface area (Å²) in [6, 6.07) is 40.9. The molecule has 0 saturated carbocycles. The fourth-order valence-corrected chi connectivity index (χ4v) is 10.7. The van der Waals surface area contributed by atoms with Gasteiger partial charge in [-0.15, -0.1) is 29.7 Å². The molecule has 8 aromatic carbocycles. The summed E-state index contributed by atoms with van der Waals surface area (Å²) in [5, 5.41) is 2.02. The topological polar surface area (TPSA) is 35.9 Å². The van der Waals surface area contributed by atoms with E-state index in [4.69, 9.17) is 17.9 Å². The Morgan fingerprint density at radius 3 is 2.01 bits per heavy atom. The average molecular weight is 1110 g/mol. The Bertz CT molecular complexity index is 4300. The van der Waals surface area contributed by atoms with Crippen LogP contribution in [-0.4, -0.2) is 14.1 Å². The number of imidazole rings is 1. The molecule has 3 heterocycles. The van der Waals surface area contributed by atoms with Crippen LogP contribution >= 0.6 is 0 Å². The SMILES string of the molecule is [2H]c1c([2H])c([2H])c(-c2cccc(-c3c([2H])c([2H])c([2H])c([2H])c3[2H])c2-[n+]2[c-]n(-c3[c-]c(Oc4[c-]c5c(cc4)c4ccccc4n5-c4cc(C(C)(C)C)ccn4)ccc3)c3cc(-c4ccc5c(c4)C(C)(C)CC5(C)C)ccc32)c([2H])c1[2H].[Pt]. The minimum atomic E-state index is -0.575. The Kier molecular flexibility index (Phi) is 8.81.